The van der Waals surface area contributed by atoms with Gasteiger partial charge >= 0.3 is 0 Å². The number of hydrogen-bond acceptors (Lipinski definition) is 4. The summed E-state index contributed by atoms with van der Waals surface area (Å²) in [6.07, 6.45) is 14.3. The number of amidine groups is 1. The van der Waals surface area contributed by atoms with Crippen LogP contribution < -0.4 is 5.32 Å². The number of nitrogens with zero attached hydrogens (tertiary/aromatic N) is 3. The van der Waals surface area contributed by atoms with Gasteiger partial charge in [-0.05, 0) is 0 Å². The summed E-state index contributed by atoms with van der Waals surface area (Å²) < 4.78 is 0. The Morgan fingerprint density at radius 2 is 2.58 bits per heavy atom. The SMILES string of the molecule is [C]#CN1[C]=NC=C2NC=CN=C21. The number of fused-ring (bicyclic) bond motifs is 1. The molecule has 0 aliphatic carbocycles. The largest absolute Gasteiger partial charge is 0.356 e. The van der Waals surface area contributed by atoms with Crippen molar-refractivity contribution in [2.75, 3.05) is 0 Å². The maximum absolute atomic E-state index is 6.91. The van der Waals surface area contributed by atoms with Crippen molar-refractivity contribution >= 4 is 12.2 Å². The topological polar surface area (TPSA) is 40.0 Å². The van der Waals surface area contributed by atoms with Crippen LogP contribution in [-0.4, -0.2) is 17.1 Å². The van der Waals surface area contributed by atoms with Crippen molar-refractivity contribution in [2.45, 2.75) is 0 Å². The molecule has 2 heterocycles. The Balaban J connectivity index is 2.42. The van der Waals surface area contributed by atoms with Crippen molar-refractivity contribution in [1.29, 1.82) is 0 Å². The summed E-state index contributed by atoms with van der Waals surface area (Å²) >= 11 is 0. The van der Waals surface area contributed by atoms with Gasteiger partial charge in [0.15, 0.2) is 12.2 Å². The van der Waals surface area contributed by atoms with Crippen LogP contribution in [0.4, 0.5) is 0 Å². The molecule has 2 aliphatic heterocycles. The van der Waals surface area contributed by atoms with Gasteiger partial charge in [0.25, 0.3) is 0 Å². The maximum Gasteiger partial charge on any atom is 0.191 e. The molecule has 0 aromatic carbocycles. The molecule has 2 rings (SSSR count). The van der Waals surface area contributed by atoms with E-state index in [1.165, 1.54) is 4.90 Å². The Morgan fingerprint density at radius 1 is 1.67 bits per heavy atom. The van der Waals surface area contributed by atoms with Gasteiger partial charge in [-0.15, -0.1) is 0 Å². The predicted octanol–water partition coefficient (Wildman–Crippen LogP) is 0.0689. The fraction of sp³-hybridized carbons (Fsp3) is 0. The molecule has 0 fully saturated rings. The zero-order valence-corrected chi connectivity index (χ0v) is 6.07. The first-order valence-corrected chi connectivity index (χ1v) is 3.30. The summed E-state index contributed by atoms with van der Waals surface area (Å²) in [5, 5.41) is 2.94. The van der Waals surface area contributed by atoms with E-state index in [2.05, 4.69) is 27.7 Å². The fourth-order valence-electron chi connectivity index (χ4n) is 0.919. The summed E-state index contributed by atoms with van der Waals surface area (Å²) in [6, 6.07) is 2.14. The van der Waals surface area contributed by atoms with E-state index in [-0.39, 0.29) is 0 Å². The molecule has 4 heteroatoms. The molecule has 4 nitrogen and oxygen atoms in total. The third-order valence-electron chi connectivity index (χ3n) is 1.43. The third kappa shape index (κ3) is 0.883. The molecule has 1 N–H and O–H groups in total. The van der Waals surface area contributed by atoms with Crippen LogP contribution in [0.25, 0.3) is 0 Å². The summed E-state index contributed by atoms with van der Waals surface area (Å²) in [6.45, 7) is 0. The highest BCUT2D eigenvalue weighted by molar-refractivity contribution is 6.07. The molecule has 0 saturated heterocycles. The standard InChI is InChI=1S/C8H4N4/c1-2-12-6-9-5-7-8(12)11-4-3-10-7/h3-5,10H. The van der Waals surface area contributed by atoms with Crippen LogP contribution in [0, 0.1) is 12.5 Å². The van der Waals surface area contributed by atoms with Gasteiger partial charge in [0, 0.05) is 24.9 Å². The Bertz CT molecular complexity index is 354. The minimum absolute atomic E-state index is 0.586. The van der Waals surface area contributed by atoms with Gasteiger partial charge < -0.3 is 5.32 Å². The second-order valence-electron chi connectivity index (χ2n) is 2.13. The monoisotopic (exact) mass is 156 g/mol. The summed E-state index contributed by atoms with van der Waals surface area (Å²) in [5.74, 6) is 0.586. The lowest BCUT2D eigenvalue weighted by atomic mass is 10.3. The van der Waals surface area contributed by atoms with E-state index in [1.54, 1.807) is 18.6 Å². The first kappa shape index (κ1) is 6.68. The van der Waals surface area contributed by atoms with Crippen molar-refractivity contribution in [3.8, 4) is 6.04 Å². The van der Waals surface area contributed by atoms with E-state index < -0.39 is 0 Å². The molecule has 0 unspecified atom stereocenters. The minimum atomic E-state index is 0.586. The molecule has 0 atom stereocenters. The predicted molar refractivity (Wildman–Crippen MR) is 44.2 cm³/mol. The van der Waals surface area contributed by atoms with Crippen LogP contribution in [0.15, 0.2) is 34.3 Å². The molecular formula is C8H4N4. The van der Waals surface area contributed by atoms with Gasteiger partial charge in [-0.25, -0.2) is 14.9 Å². The van der Waals surface area contributed by atoms with Gasteiger partial charge in [-0.1, -0.05) is 0 Å². The summed E-state index contributed by atoms with van der Waals surface area (Å²) in [7, 11) is 0. The molecule has 2 aliphatic rings. The van der Waals surface area contributed by atoms with Crippen molar-refractivity contribution < 1.29 is 0 Å². The highest BCUT2D eigenvalue weighted by atomic mass is 15.2. The van der Waals surface area contributed by atoms with Gasteiger partial charge in [-0.2, -0.15) is 0 Å². The van der Waals surface area contributed by atoms with E-state index in [0.29, 0.717) is 5.84 Å². The number of nitrogens with one attached hydrogen (secondary N) is 1. The molecule has 0 aromatic rings. The molecule has 0 spiro atoms. The molecular weight excluding hydrogens is 152 g/mol. The van der Waals surface area contributed by atoms with Crippen molar-refractivity contribution in [3.05, 3.63) is 30.7 Å². The molecule has 56 valence electrons. The van der Waals surface area contributed by atoms with Crippen LogP contribution in [0.2, 0.25) is 0 Å². The number of hydrogen-bond donors (Lipinski definition) is 1. The zero-order chi connectivity index (χ0) is 8.39. The van der Waals surface area contributed by atoms with E-state index in [1.807, 2.05) is 0 Å². The average molecular weight is 156 g/mol. The number of rotatable bonds is 0. The highest BCUT2D eigenvalue weighted by Gasteiger charge is 2.17. The molecule has 0 aromatic heterocycles. The molecule has 0 amide bonds. The van der Waals surface area contributed by atoms with Crippen LogP contribution >= 0.6 is 0 Å². The Kier molecular flexibility index (Phi) is 1.42. The second kappa shape index (κ2) is 2.55. The van der Waals surface area contributed by atoms with Gasteiger partial charge in [-0.3, -0.25) is 0 Å². The van der Waals surface area contributed by atoms with Crippen molar-refractivity contribution in [3.63, 3.8) is 0 Å². The molecule has 0 bridgehead atoms. The van der Waals surface area contributed by atoms with E-state index in [4.69, 9.17) is 6.42 Å². The molecule has 2 radical (unpaired) electrons. The third-order valence-corrected chi connectivity index (χ3v) is 1.43. The molecule has 12 heavy (non-hydrogen) atoms. The second-order valence-corrected chi connectivity index (χ2v) is 2.13. The van der Waals surface area contributed by atoms with Gasteiger partial charge in [0.2, 0.25) is 0 Å². The quantitative estimate of drug-likeness (QED) is 0.504. The lowest BCUT2D eigenvalue weighted by Gasteiger charge is -2.20. The first-order chi connectivity index (χ1) is 5.92. The van der Waals surface area contributed by atoms with Crippen molar-refractivity contribution in [2.24, 2.45) is 9.98 Å². The number of aliphatic imine (C=N–C) groups is 2. The Morgan fingerprint density at radius 3 is 3.42 bits per heavy atom. The van der Waals surface area contributed by atoms with Crippen molar-refractivity contribution in [1.82, 2.24) is 10.2 Å². The lowest BCUT2D eigenvalue weighted by Crippen LogP contribution is -2.34. The average Bonchev–Trinajstić information content (AvgIpc) is 2.17. The van der Waals surface area contributed by atoms with Crippen LogP contribution in [0.5, 0.6) is 0 Å². The first-order valence-electron chi connectivity index (χ1n) is 3.30. The minimum Gasteiger partial charge on any atom is -0.356 e. The maximum atomic E-state index is 6.91. The normalized spacial score (nSPS) is 18.8. The Hall–Kier alpha value is -2.02. The van der Waals surface area contributed by atoms with Gasteiger partial charge in [0.05, 0.1) is 6.20 Å². The van der Waals surface area contributed by atoms with E-state index >= 15 is 0 Å². The lowest BCUT2D eigenvalue weighted by molar-refractivity contribution is 0.851. The van der Waals surface area contributed by atoms with Gasteiger partial charge in [0.1, 0.15) is 5.70 Å². The van der Waals surface area contributed by atoms with Crippen LogP contribution in [-0.2, 0) is 0 Å². The fourth-order valence-corrected chi connectivity index (χ4v) is 0.919. The molecule has 0 saturated carbocycles. The Labute approximate surface area is 70.0 Å². The summed E-state index contributed by atoms with van der Waals surface area (Å²) in [5.41, 5.74) is 0.746. The van der Waals surface area contributed by atoms with E-state index in [0.717, 1.165) is 5.70 Å². The van der Waals surface area contributed by atoms with Crippen LogP contribution in [0.3, 0.4) is 0 Å². The zero-order valence-electron chi connectivity index (χ0n) is 6.07. The summed E-state index contributed by atoms with van der Waals surface area (Å²) in [4.78, 5) is 9.08. The highest BCUT2D eigenvalue weighted by Crippen LogP contribution is 2.07. The van der Waals surface area contributed by atoms with Crippen LogP contribution in [0.1, 0.15) is 0 Å². The smallest absolute Gasteiger partial charge is 0.191 e. The van der Waals surface area contributed by atoms with E-state index in [9.17, 15) is 0 Å².